The fraction of sp³-hybridized carbons (Fsp3) is 0.250. The molecule has 9 heteroatoms. The molecule has 1 aromatic carbocycles. The number of rotatable bonds is 5. The summed E-state index contributed by atoms with van der Waals surface area (Å²) in [6.45, 7) is 0.543. The molecule has 0 aliphatic heterocycles. The van der Waals surface area contributed by atoms with E-state index in [9.17, 15) is 18.0 Å². The Hall–Kier alpha value is -2.39. The molecule has 3 rings (SSSR count). The highest BCUT2D eigenvalue weighted by atomic mass is 32.1. The number of thiazole rings is 1. The van der Waals surface area contributed by atoms with E-state index in [4.69, 9.17) is 0 Å². The molecule has 0 fully saturated rings. The van der Waals surface area contributed by atoms with Gasteiger partial charge in [0.1, 0.15) is 5.75 Å². The first-order chi connectivity index (χ1) is 11.8. The summed E-state index contributed by atoms with van der Waals surface area (Å²) in [5.41, 5.74) is 0.774. The van der Waals surface area contributed by atoms with Crippen LogP contribution in [0.5, 0.6) is 5.75 Å². The third kappa shape index (κ3) is 4.37. The smallest absolute Gasteiger partial charge is 0.405 e. The standard InChI is InChI=1S/C16H14F3N3O2S/c1-21(9-11-4-2-3-5-13(11)24-16(17,18)19)10-12-8-14(23)22-6-7-25-15(22)20-12/h2-8H,9-10H2,1H3. The van der Waals surface area contributed by atoms with Crippen LogP contribution in [0.4, 0.5) is 13.2 Å². The third-order valence-electron chi connectivity index (χ3n) is 3.43. The summed E-state index contributed by atoms with van der Waals surface area (Å²) < 4.78 is 43.0. The van der Waals surface area contributed by atoms with Crippen LogP contribution in [-0.4, -0.2) is 27.7 Å². The van der Waals surface area contributed by atoms with Gasteiger partial charge in [-0.05, 0) is 13.1 Å². The fourth-order valence-electron chi connectivity index (χ4n) is 2.45. The minimum absolute atomic E-state index is 0.185. The molecular weight excluding hydrogens is 355 g/mol. The minimum Gasteiger partial charge on any atom is -0.405 e. The maximum absolute atomic E-state index is 12.5. The lowest BCUT2D eigenvalue weighted by Crippen LogP contribution is -2.23. The summed E-state index contributed by atoms with van der Waals surface area (Å²) in [6.07, 6.45) is -3.09. The number of aromatic nitrogens is 2. The number of alkyl halides is 3. The van der Waals surface area contributed by atoms with Crippen molar-refractivity contribution in [2.24, 2.45) is 0 Å². The van der Waals surface area contributed by atoms with Crippen LogP contribution in [-0.2, 0) is 13.1 Å². The highest BCUT2D eigenvalue weighted by Crippen LogP contribution is 2.27. The Bertz CT molecular complexity index is 936. The second-order valence-corrected chi connectivity index (χ2v) is 6.34. The number of hydrogen-bond acceptors (Lipinski definition) is 5. The van der Waals surface area contributed by atoms with Crippen LogP contribution >= 0.6 is 11.3 Å². The van der Waals surface area contributed by atoms with E-state index in [1.54, 1.807) is 35.7 Å². The molecule has 3 aromatic rings. The number of nitrogens with zero attached hydrogens (tertiary/aromatic N) is 3. The van der Waals surface area contributed by atoms with E-state index in [-0.39, 0.29) is 17.9 Å². The molecule has 0 spiro atoms. The quantitative estimate of drug-likeness (QED) is 0.693. The van der Waals surface area contributed by atoms with Crippen molar-refractivity contribution in [1.82, 2.24) is 14.3 Å². The Morgan fingerprint density at radius 1 is 1.28 bits per heavy atom. The molecule has 25 heavy (non-hydrogen) atoms. The van der Waals surface area contributed by atoms with E-state index in [0.29, 0.717) is 22.8 Å². The molecule has 0 saturated heterocycles. The molecule has 0 unspecified atom stereocenters. The van der Waals surface area contributed by atoms with E-state index < -0.39 is 6.36 Å². The van der Waals surface area contributed by atoms with Gasteiger partial charge >= 0.3 is 6.36 Å². The van der Waals surface area contributed by atoms with Crippen LogP contribution in [0, 0.1) is 0 Å². The SMILES string of the molecule is CN(Cc1cc(=O)n2ccsc2n1)Cc1ccccc1OC(F)(F)F. The lowest BCUT2D eigenvalue weighted by molar-refractivity contribution is -0.275. The number of ether oxygens (including phenoxy) is 1. The molecule has 0 saturated carbocycles. The van der Waals surface area contributed by atoms with E-state index >= 15 is 0 Å². The van der Waals surface area contributed by atoms with Crippen molar-refractivity contribution < 1.29 is 17.9 Å². The van der Waals surface area contributed by atoms with Crippen molar-refractivity contribution in [3.8, 4) is 5.75 Å². The Labute approximate surface area is 144 Å². The molecule has 0 aliphatic carbocycles. The number of halogens is 3. The average molecular weight is 369 g/mol. The molecule has 0 amide bonds. The Morgan fingerprint density at radius 3 is 2.80 bits per heavy atom. The second-order valence-electron chi connectivity index (χ2n) is 5.47. The molecule has 0 bridgehead atoms. The molecule has 2 heterocycles. The van der Waals surface area contributed by atoms with E-state index in [0.717, 1.165) is 0 Å². The first-order valence-electron chi connectivity index (χ1n) is 7.30. The molecular formula is C16H14F3N3O2S. The van der Waals surface area contributed by atoms with Crippen molar-refractivity contribution in [2.75, 3.05) is 7.05 Å². The molecule has 0 aliphatic rings. The summed E-state index contributed by atoms with van der Waals surface area (Å²) in [4.78, 5) is 18.7. The van der Waals surface area contributed by atoms with Crippen LogP contribution in [0.2, 0.25) is 0 Å². The highest BCUT2D eigenvalue weighted by molar-refractivity contribution is 7.15. The normalized spacial score (nSPS) is 12.0. The van der Waals surface area contributed by atoms with E-state index in [1.165, 1.54) is 33.9 Å². The van der Waals surface area contributed by atoms with Gasteiger partial charge in [-0.15, -0.1) is 24.5 Å². The van der Waals surface area contributed by atoms with Gasteiger partial charge in [-0.3, -0.25) is 14.1 Å². The Kier molecular flexibility index (Phi) is 4.78. The van der Waals surface area contributed by atoms with Gasteiger partial charge in [0.2, 0.25) is 0 Å². The van der Waals surface area contributed by atoms with Crippen molar-refractivity contribution in [2.45, 2.75) is 19.5 Å². The zero-order chi connectivity index (χ0) is 18.0. The maximum Gasteiger partial charge on any atom is 0.573 e. The Morgan fingerprint density at radius 2 is 2.04 bits per heavy atom. The van der Waals surface area contributed by atoms with Gasteiger partial charge < -0.3 is 4.74 Å². The summed E-state index contributed by atoms with van der Waals surface area (Å²) in [5.74, 6) is -0.233. The van der Waals surface area contributed by atoms with Gasteiger partial charge in [0.05, 0.1) is 5.69 Å². The molecule has 2 aromatic heterocycles. The van der Waals surface area contributed by atoms with Crippen molar-refractivity contribution in [1.29, 1.82) is 0 Å². The number of hydrogen-bond donors (Lipinski definition) is 0. The summed E-state index contributed by atoms with van der Waals surface area (Å²) in [5, 5.41) is 1.77. The number of fused-ring (bicyclic) bond motifs is 1. The largest absolute Gasteiger partial charge is 0.573 e. The van der Waals surface area contributed by atoms with Crippen LogP contribution in [0.15, 0.2) is 46.7 Å². The monoisotopic (exact) mass is 369 g/mol. The summed E-state index contributed by atoms with van der Waals surface area (Å²) >= 11 is 1.34. The van der Waals surface area contributed by atoms with E-state index in [2.05, 4.69) is 9.72 Å². The van der Waals surface area contributed by atoms with Crippen molar-refractivity contribution >= 4 is 16.3 Å². The number of benzene rings is 1. The molecule has 0 atom stereocenters. The average Bonchev–Trinajstić information content (AvgIpc) is 2.96. The number of para-hydroxylation sites is 1. The van der Waals surface area contributed by atoms with Gasteiger partial charge in [-0.25, -0.2) is 4.98 Å². The van der Waals surface area contributed by atoms with Gasteiger partial charge in [0.25, 0.3) is 5.56 Å². The van der Waals surface area contributed by atoms with Crippen LogP contribution < -0.4 is 10.3 Å². The first kappa shape index (κ1) is 17.4. The zero-order valence-corrected chi connectivity index (χ0v) is 14.0. The van der Waals surface area contributed by atoms with Crippen LogP contribution in [0.3, 0.4) is 0 Å². The third-order valence-corrected chi connectivity index (χ3v) is 4.18. The minimum atomic E-state index is -4.74. The molecule has 5 nitrogen and oxygen atoms in total. The van der Waals surface area contributed by atoms with Gasteiger partial charge in [0.15, 0.2) is 4.96 Å². The molecule has 0 N–H and O–H groups in total. The zero-order valence-electron chi connectivity index (χ0n) is 13.2. The molecule has 0 radical (unpaired) electrons. The van der Waals surface area contributed by atoms with Crippen LogP contribution in [0.1, 0.15) is 11.3 Å². The summed E-state index contributed by atoms with van der Waals surface area (Å²) in [6, 6.07) is 7.40. The topological polar surface area (TPSA) is 46.8 Å². The predicted octanol–water partition coefficient (Wildman–Crippen LogP) is 3.29. The highest BCUT2D eigenvalue weighted by Gasteiger charge is 2.32. The second kappa shape index (κ2) is 6.85. The van der Waals surface area contributed by atoms with E-state index in [1.807, 2.05) is 0 Å². The first-order valence-corrected chi connectivity index (χ1v) is 8.18. The summed E-state index contributed by atoms with van der Waals surface area (Å²) in [7, 11) is 1.74. The van der Waals surface area contributed by atoms with Gasteiger partial charge in [-0.1, -0.05) is 18.2 Å². The predicted molar refractivity (Wildman–Crippen MR) is 87.6 cm³/mol. The lowest BCUT2D eigenvalue weighted by Gasteiger charge is -2.19. The van der Waals surface area contributed by atoms with Crippen molar-refractivity contribution in [3.63, 3.8) is 0 Å². The van der Waals surface area contributed by atoms with Crippen LogP contribution in [0.25, 0.3) is 4.96 Å². The van der Waals surface area contributed by atoms with Gasteiger partial charge in [0, 0.05) is 36.3 Å². The fourth-order valence-corrected chi connectivity index (χ4v) is 3.19. The maximum atomic E-state index is 12.5. The Balaban J connectivity index is 1.76. The van der Waals surface area contributed by atoms with Gasteiger partial charge in [-0.2, -0.15) is 0 Å². The molecule has 132 valence electrons. The van der Waals surface area contributed by atoms with Crippen molar-refractivity contribution in [3.05, 3.63) is 63.5 Å². The lowest BCUT2D eigenvalue weighted by atomic mass is 10.2.